The van der Waals surface area contributed by atoms with Crippen LogP contribution in [0.25, 0.3) is 0 Å². The predicted octanol–water partition coefficient (Wildman–Crippen LogP) is -0.523. The molecule has 0 fully saturated rings. The Hall–Kier alpha value is -1.11. The second kappa shape index (κ2) is 4.94. The van der Waals surface area contributed by atoms with Gasteiger partial charge < -0.3 is 21.3 Å². The minimum Gasteiger partial charge on any atom is -0.394 e. The number of anilines is 2. The number of aliphatic hydroxyl groups is 2. The number of nitrogens with one attached hydrogen (secondary N) is 1. The Kier molecular flexibility index (Phi) is 3.87. The van der Waals surface area contributed by atoms with Crippen molar-refractivity contribution in [2.24, 2.45) is 0 Å². The number of rotatable bonds is 4. The first kappa shape index (κ1) is 11.0. The third-order valence-electron chi connectivity index (χ3n) is 1.55. The van der Waals surface area contributed by atoms with Gasteiger partial charge in [0.25, 0.3) is 0 Å². The molecule has 1 heterocycles. The number of halogens is 1. The molecule has 1 aromatic heterocycles. The fraction of sp³-hybridized carbons (Fsp3) is 0.429. The molecule has 0 aromatic carbocycles. The molecule has 0 saturated heterocycles. The van der Waals surface area contributed by atoms with Crippen LogP contribution in [0.3, 0.4) is 0 Å². The molecule has 6 nitrogen and oxygen atoms in total. The van der Waals surface area contributed by atoms with Gasteiger partial charge in [-0.25, -0.2) is 9.97 Å². The molecular weight excluding hydrogens is 208 g/mol. The largest absolute Gasteiger partial charge is 0.394 e. The lowest BCUT2D eigenvalue weighted by molar-refractivity contribution is 0.105. The van der Waals surface area contributed by atoms with Crippen molar-refractivity contribution in [2.75, 3.05) is 24.2 Å². The third kappa shape index (κ3) is 2.69. The second-order valence-corrected chi connectivity index (χ2v) is 3.00. The predicted molar refractivity (Wildman–Crippen MR) is 53.0 cm³/mol. The molecule has 1 atom stereocenters. The Balaban J connectivity index is 2.63. The van der Waals surface area contributed by atoms with E-state index >= 15 is 0 Å². The number of aromatic nitrogens is 2. The van der Waals surface area contributed by atoms with Gasteiger partial charge in [-0.1, -0.05) is 11.6 Å². The van der Waals surface area contributed by atoms with Crippen molar-refractivity contribution in [3.05, 3.63) is 11.5 Å². The smallest absolute Gasteiger partial charge is 0.157 e. The maximum Gasteiger partial charge on any atom is 0.157 e. The maximum absolute atomic E-state index is 9.05. The standard InChI is InChI=1S/C7H11ClN4O2/c8-6-5(9)7(12-3-11-6)10-1-4(14)2-13/h3-4,13-14H,1-2,9H2,(H,10,11,12)/t4-/m0/s1. The topological polar surface area (TPSA) is 104 Å². The first-order valence-corrected chi connectivity index (χ1v) is 4.31. The number of hydrogen-bond donors (Lipinski definition) is 4. The summed E-state index contributed by atoms with van der Waals surface area (Å²) in [6.07, 6.45) is 0.398. The van der Waals surface area contributed by atoms with E-state index < -0.39 is 6.10 Å². The zero-order valence-corrected chi connectivity index (χ0v) is 8.07. The summed E-state index contributed by atoms with van der Waals surface area (Å²) in [4.78, 5) is 7.49. The third-order valence-corrected chi connectivity index (χ3v) is 1.85. The molecule has 1 rings (SSSR count). The maximum atomic E-state index is 9.05. The van der Waals surface area contributed by atoms with Crippen LogP contribution < -0.4 is 11.1 Å². The number of hydrogen-bond acceptors (Lipinski definition) is 6. The van der Waals surface area contributed by atoms with E-state index in [0.717, 1.165) is 0 Å². The molecule has 0 amide bonds. The Morgan fingerprint density at radius 1 is 1.57 bits per heavy atom. The van der Waals surface area contributed by atoms with Gasteiger partial charge in [-0.15, -0.1) is 0 Å². The van der Waals surface area contributed by atoms with Gasteiger partial charge in [-0.3, -0.25) is 0 Å². The van der Waals surface area contributed by atoms with Crippen molar-refractivity contribution in [1.82, 2.24) is 9.97 Å². The van der Waals surface area contributed by atoms with Crippen LogP contribution in [0, 0.1) is 0 Å². The number of aliphatic hydroxyl groups excluding tert-OH is 2. The van der Waals surface area contributed by atoms with E-state index in [-0.39, 0.29) is 24.0 Å². The van der Waals surface area contributed by atoms with Crippen molar-refractivity contribution in [1.29, 1.82) is 0 Å². The van der Waals surface area contributed by atoms with E-state index in [2.05, 4.69) is 15.3 Å². The summed E-state index contributed by atoms with van der Waals surface area (Å²) in [5, 5.41) is 20.5. The minimum absolute atomic E-state index is 0.147. The van der Waals surface area contributed by atoms with E-state index in [4.69, 9.17) is 27.5 Å². The summed E-state index contributed by atoms with van der Waals surface area (Å²) in [7, 11) is 0. The van der Waals surface area contributed by atoms with Crippen molar-refractivity contribution in [2.45, 2.75) is 6.10 Å². The summed E-state index contributed by atoms with van der Waals surface area (Å²) in [6, 6.07) is 0. The van der Waals surface area contributed by atoms with Crippen LogP contribution in [0.5, 0.6) is 0 Å². The summed E-state index contributed by atoms with van der Waals surface area (Å²) in [6.45, 7) is -0.181. The molecule has 78 valence electrons. The zero-order valence-electron chi connectivity index (χ0n) is 7.31. The van der Waals surface area contributed by atoms with Crippen LogP contribution in [0.15, 0.2) is 6.33 Å². The first-order chi connectivity index (χ1) is 6.65. The molecule has 0 aliphatic carbocycles. The average Bonchev–Trinajstić information content (AvgIpc) is 2.20. The second-order valence-electron chi connectivity index (χ2n) is 2.64. The van der Waals surface area contributed by atoms with Gasteiger partial charge in [0, 0.05) is 6.54 Å². The summed E-state index contributed by atoms with van der Waals surface area (Å²) < 4.78 is 0. The van der Waals surface area contributed by atoms with Crippen molar-refractivity contribution < 1.29 is 10.2 Å². The summed E-state index contributed by atoms with van der Waals surface area (Å²) in [5.74, 6) is 0.345. The zero-order chi connectivity index (χ0) is 10.6. The Bertz CT molecular complexity index is 310. The molecule has 0 aliphatic heterocycles. The van der Waals surface area contributed by atoms with Gasteiger partial charge in [-0.2, -0.15) is 0 Å². The van der Waals surface area contributed by atoms with Gasteiger partial charge in [0.15, 0.2) is 11.0 Å². The fourth-order valence-electron chi connectivity index (χ4n) is 0.794. The molecular formula is C7H11ClN4O2. The van der Waals surface area contributed by atoms with E-state index in [1.54, 1.807) is 0 Å². The average molecular weight is 219 g/mol. The van der Waals surface area contributed by atoms with Gasteiger partial charge >= 0.3 is 0 Å². The highest BCUT2D eigenvalue weighted by Gasteiger charge is 2.07. The van der Waals surface area contributed by atoms with Gasteiger partial charge in [0.1, 0.15) is 12.0 Å². The number of nitrogens with two attached hydrogens (primary N) is 1. The Morgan fingerprint density at radius 3 is 2.93 bits per heavy atom. The Labute approximate surface area is 85.7 Å². The highest BCUT2D eigenvalue weighted by molar-refractivity contribution is 6.32. The van der Waals surface area contributed by atoms with Gasteiger partial charge in [0.05, 0.1) is 12.7 Å². The van der Waals surface area contributed by atoms with Crippen LogP contribution in [0.1, 0.15) is 0 Å². The quantitative estimate of drug-likeness (QED) is 0.507. The van der Waals surface area contributed by atoms with Crippen LogP contribution in [0.4, 0.5) is 11.5 Å². The molecule has 5 N–H and O–H groups in total. The minimum atomic E-state index is -0.858. The lowest BCUT2D eigenvalue weighted by atomic mass is 10.3. The van der Waals surface area contributed by atoms with Gasteiger partial charge in [0.2, 0.25) is 0 Å². The first-order valence-electron chi connectivity index (χ1n) is 3.94. The fourth-order valence-corrected chi connectivity index (χ4v) is 0.927. The highest BCUT2D eigenvalue weighted by Crippen LogP contribution is 2.21. The molecule has 0 aliphatic rings. The molecule has 0 radical (unpaired) electrons. The lowest BCUT2D eigenvalue weighted by Gasteiger charge is -2.10. The molecule has 14 heavy (non-hydrogen) atoms. The van der Waals surface area contributed by atoms with E-state index in [1.807, 2.05) is 0 Å². The lowest BCUT2D eigenvalue weighted by Crippen LogP contribution is -2.23. The van der Waals surface area contributed by atoms with E-state index in [1.165, 1.54) is 6.33 Å². The molecule has 0 saturated carbocycles. The number of nitrogen functional groups attached to an aromatic ring is 1. The molecule has 1 aromatic rings. The van der Waals surface area contributed by atoms with Crippen LogP contribution in [0.2, 0.25) is 5.15 Å². The number of nitrogens with zero attached hydrogens (tertiary/aromatic N) is 2. The molecule has 0 spiro atoms. The Morgan fingerprint density at radius 2 is 2.29 bits per heavy atom. The van der Waals surface area contributed by atoms with Crippen LogP contribution >= 0.6 is 11.6 Å². The highest BCUT2D eigenvalue weighted by atomic mass is 35.5. The van der Waals surface area contributed by atoms with Gasteiger partial charge in [-0.05, 0) is 0 Å². The van der Waals surface area contributed by atoms with E-state index in [9.17, 15) is 0 Å². The van der Waals surface area contributed by atoms with Crippen LogP contribution in [-0.4, -0.2) is 39.4 Å². The van der Waals surface area contributed by atoms with Crippen molar-refractivity contribution >= 4 is 23.1 Å². The normalized spacial score (nSPS) is 12.5. The van der Waals surface area contributed by atoms with Crippen LogP contribution in [-0.2, 0) is 0 Å². The SMILES string of the molecule is Nc1c(Cl)ncnc1NC[C@H](O)CO. The summed E-state index contributed by atoms with van der Waals surface area (Å²) >= 11 is 5.64. The van der Waals surface area contributed by atoms with Crippen molar-refractivity contribution in [3.63, 3.8) is 0 Å². The summed E-state index contributed by atoms with van der Waals surface area (Å²) in [5.41, 5.74) is 5.77. The van der Waals surface area contributed by atoms with E-state index in [0.29, 0.717) is 5.82 Å². The molecule has 7 heteroatoms. The molecule has 0 bridgehead atoms. The van der Waals surface area contributed by atoms with Crippen molar-refractivity contribution in [3.8, 4) is 0 Å². The monoisotopic (exact) mass is 218 g/mol. The molecule has 0 unspecified atom stereocenters.